The van der Waals surface area contributed by atoms with E-state index in [4.69, 9.17) is 0 Å². The molecule has 0 aromatic rings. The monoisotopic (exact) mass is 536 g/mol. The molecular formula is C9H2F17NaO3S. The molecule has 0 aliphatic rings. The summed E-state index contributed by atoms with van der Waals surface area (Å²) >= 11 is 0. The third kappa shape index (κ3) is 4.44. The molecule has 3 nitrogen and oxygen atoms in total. The van der Waals surface area contributed by atoms with Crippen molar-refractivity contribution in [3.05, 3.63) is 0 Å². The van der Waals surface area contributed by atoms with E-state index >= 15 is 0 Å². The molecule has 0 spiro atoms. The van der Waals surface area contributed by atoms with Crippen molar-refractivity contribution in [2.24, 2.45) is 0 Å². The minimum Gasteiger partial charge on any atom is -0.746 e. The molecule has 1 unspecified atom stereocenters. The Labute approximate surface area is 181 Å². The van der Waals surface area contributed by atoms with Gasteiger partial charge >= 0.3 is 77.4 Å². The number of rotatable bonds is 9. The maximum atomic E-state index is 13.1. The Morgan fingerprint density at radius 3 is 0.968 bits per heavy atom. The normalized spacial score (nSPS) is 16.9. The van der Waals surface area contributed by atoms with Gasteiger partial charge in [-0.25, -0.2) is 21.6 Å². The summed E-state index contributed by atoms with van der Waals surface area (Å²) in [5, 5.41) is 0. The zero-order valence-corrected chi connectivity index (χ0v) is 16.5. The van der Waals surface area contributed by atoms with Gasteiger partial charge in [-0.2, -0.15) is 61.5 Å². The summed E-state index contributed by atoms with van der Waals surface area (Å²) in [5.74, 6) is -58.5. The van der Waals surface area contributed by atoms with Gasteiger partial charge in [-0.1, -0.05) is 0 Å². The molecular weight excluding hydrogens is 534 g/mol. The van der Waals surface area contributed by atoms with Gasteiger partial charge in [0.15, 0.2) is 0 Å². The van der Waals surface area contributed by atoms with E-state index in [1.54, 1.807) is 0 Å². The van der Waals surface area contributed by atoms with Gasteiger partial charge in [0.25, 0.3) is 5.50 Å². The van der Waals surface area contributed by atoms with Crippen LogP contribution < -0.4 is 29.6 Å². The first kappa shape index (κ1) is 32.9. The molecule has 0 radical (unpaired) electrons. The van der Waals surface area contributed by atoms with Crippen molar-refractivity contribution in [1.29, 1.82) is 0 Å². The first-order valence-corrected chi connectivity index (χ1v) is 7.58. The number of hydrogen-bond donors (Lipinski definition) is 0. The van der Waals surface area contributed by atoms with Crippen LogP contribution in [-0.4, -0.2) is 66.4 Å². The van der Waals surface area contributed by atoms with Crippen LogP contribution in [-0.2, 0) is 10.1 Å². The predicted molar refractivity (Wildman–Crippen MR) is 55.2 cm³/mol. The molecule has 1 atom stereocenters. The van der Waals surface area contributed by atoms with Crippen LogP contribution in [0, 0.1) is 0 Å². The van der Waals surface area contributed by atoms with E-state index in [1.807, 2.05) is 0 Å². The van der Waals surface area contributed by atoms with Gasteiger partial charge in [-0.05, 0) is 0 Å². The standard InChI is InChI=1S/C9H3F17O3S.Na/c10-1(11)3(13,14)5(17,18)7(21,22)9(25,26)8(23,24)6(19,20)4(15,16)2(12)30(27,28)29;/h1-2H,(H,27,28,29);/q;+1/p-1. The molecule has 0 fully saturated rings. The van der Waals surface area contributed by atoms with Crippen LogP contribution >= 0.6 is 0 Å². The molecule has 0 saturated heterocycles. The summed E-state index contributed by atoms with van der Waals surface area (Å²) in [4.78, 5) is 0. The Hall–Kier alpha value is -0.280. The molecule has 22 heteroatoms. The fraction of sp³-hybridized carbons (Fsp3) is 1.00. The molecule has 0 aliphatic heterocycles. The third-order valence-corrected chi connectivity index (χ3v) is 4.03. The number of halogens is 17. The first-order valence-electron chi connectivity index (χ1n) is 6.11. The van der Waals surface area contributed by atoms with Crippen molar-refractivity contribution in [2.75, 3.05) is 0 Å². The van der Waals surface area contributed by atoms with Gasteiger partial charge in [-0.3, -0.25) is 0 Å². The largest absolute Gasteiger partial charge is 1.00 e. The van der Waals surface area contributed by atoms with Gasteiger partial charge in [0, 0.05) is 0 Å². The van der Waals surface area contributed by atoms with Crippen LogP contribution in [0.3, 0.4) is 0 Å². The molecule has 0 saturated carbocycles. The molecule has 0 amide bonds. The second-order valence-electron chi connectivity index (χ2n) is 5.23. The molecule has 0 N–H and O–H groups in total. The predicted octanol–water partition coefficient (Wildman–Crippen LogP) is 1.54. The number of alkyl halides is 17. The van der Waals surface area contributed by atoms with Crippen molar-refractivity contribution in [1.82, 2.24) is 0 Å². The van der Waals surface area contributed by atoms with Crippen LogP contribution in [0.25, 0.3) is 0 Å². The molecule has 0 heterocycles. The van der Waals surface area contributed by atoms with Crippen LogP contribution in [0.15, 0.2) is 0 Å². The zero-order chi connectivity index (χ0) is 25.2. The molecule has 0 aromatic carbocycles. The third-order valence-electron chi connectivity index (χ3n) is 3.23. The molecule has 0 bridgehead atoms. The SMILES string of the molecule is O=S(=O)([O-])C(F)C(F)(F)C(F)(F)C(F)(F)C(F)(F)C(F)(F)C(F)(F)C(F)(F)C(F)F.[Na+]. The summed E-state index contributed by atoms with van der Waals surface area (Å²) in [6.45, 7) is 0. The van der Waals surface area contributed by atoms with Crippen molar-refractivity contribution in [2.45, 2.75) is 53.4 Å². The van der Waals surface area contributed by atoms with E-state index in [1.165, 1.54) is 0 Å². The zero-order valence-electron chi connectivity index (χ0n) is 13.7. The van der Waals surface area contributed by atoms with Crippen molar-refractivity contribution >= 4 is 10.1 Å². The average Bonchev–Trinajstić information content (AvgIpc) is 2.51. The van der Waals surface area contributed by atoms with E-state index in [0.29, 0.717) is 0 Å². The van der Waals surface area contributed by atoms with E-state index in [0.717, 1.165) is 0 Å². The van der Waals surface area contributed by atoms with Crippen LogP contribution in [0.2, 0.25) is 0 Å². The van der Waals surface area contributed by atoms with Gasteiger partial charge in [-0.15, -0.1) is 0 Å². The molecule has 0 rings (SSSR count). The molecule has 182 valence electrons. The van der Waals surface area contributed by atoms with E-state index in [-0.39, 0.29) is 29.6 Å². The molecule has 0 aromatic heterocycles. The van der Waals surface area contributed by atoms with Gasteiger partial charge in [0.05, 0.1) is 0 Å². The molecule has 0 aliphatic carbocycles. The summed E-state index contributed by atoms with van der Waals surface area (Å²) in [5.41, 5.74) is -6.07. The summed E-state index contributed by atoms with van der Waals surface area (Å²) in [6.07, 6.45) is -6.02. The quantitative estimate of drug-likeness (QED) is 0.256. The maximum absolute atomic E-state index is 13.1. The average molecular weight is 536 g/mol. The minimum absolute atomic E-state index is 0. The van der Waals surface area contributed by atoms with Crippen molar-refractivity contribution in [3.8, 4) is 0 Å². The van der Waals surface area contributed by atoms with Gasteiger partial charge in [0.2, 0.25) is 0 Å². The van der Waals surface area contributed by atoms with Gasteiger partial charge in [0.1, 0.15) is 10.1 Å². The van der Waals surface area contributed by atoms with Crippen molar-refractivity contribution < 1.29 is 117 Å². The topological polar surface area (TPSA) is 57.2 Å². The Kier molecular flexibility index (Phi) is 9.01. The van der Waals surface area contributed by atoms with E-state index in [9.17, 15) is 87.6 Å². The fourth-order valence-electron chi connectivity index (χ4n) is 1.47. The Bertz CT molecular complexity index is 748. The maximum Gasteiger partial charge on any atom is 1.00 e. The summed E-state index contributed by atoms with van der Waals surface area (Å²) in [7, 11) is -7.43. The van der Waals surface area contributed by atoms with Gasteiger partial charge < -0.3 is 4.55 Å². The Morgan fingerprint density at radius 2 is 0.742 bits per heavy atom. The second kappa shape index (κ2) is 8.49. The Morgan fingerprint density at radius 1 is 0.516 bits per heavy atom. The molecule has 31 heavy (non-hydrogen) atoms. The minimum atomic E-state index is -8.80. The number of hydrogen-bond acceptors (Lipinski definition) is 3. The van der Waals surface area contributed by atoms with Crippen molar-refractivity contribution in [3.63, 3.8) is 0 Å². The summed E-state index contributed by atoms with van der Waals surface area (Å²) in [6, 6.07) is 0. The van der Waals surface area contributed by atoms with Crippen LogP contribution in [0.4, 0.5) is 74.6 Å². The van der Waals surface area contributed by atoms with Crippen LogP contribution in [0.1, 0.15) is 0 Å². The Balaban J connectivity index is 0. The second-order valence-corrected chi connectivity index (χ2v) is 6.63. The van der Waals surface area contributed by atoms with E-state index < -0.39 is 63.5 Å². The van der Waals surface area contributed by atoms with Crippen LogP contribution in [0.5, 0.6) is 0 Å². The van der Waals surface area contributed by atoms with E-state index in [2.05, 4.69) is 0 Å². The summed E-state index contributed by atoms with van der Waals surface area (Å²) < 4.78 is 247. The smallest absolute Gasteiger partial charge is 0.746 e. The first-order chi connectivity index (χ1) is 12.6. The fourth-order valence-corrected chi connectivity index (χ4v) is 1.98.